The highest BCUT2D eigenvalue weighted by atomic mass is 16.3. The Labute approximate surface area is 323 Å². The van der Waals surface area contributed by atoms with Crippen molar-refractivity contribution in [1.82, 2.24) is 14.5 Å². The highest BCUT2D eigenvalue weighted by Crippen LogP contribution is 2.40. The third-order valence-electron chi connectivity index (χ3n) is 10.8. The molecule has 0 aliphatic carbocycles. The summed E-state index contributed by atoms with van der Waals surface area (Å²) in [4.78, 5) is 10.1. The van der Waals surface area contributed by atoms with Crippen molar-refractivity contribution in [3.05, 3.63) is 200 Å². The maximum atomic E-state index is 6.58. The van der Waals surface area contributed by atoms with Gasteiger partial charge < -0.3 is 8.98 Å². The van der Waals surface area contributed by atoms with Crippen LogP contribution in [0.1, 0.15) is 0 Å². The number of para-hydroxylation sites is 4. The molecule has 0 spiro atoms. The minimum Gasteiger partial charge on any atom is -0.455 e. The lowest BCUT2D eigenvalue weighted by Crippen LogP contribution is -1.96. The first kappa shape index (κ1) is 31.9. The van der Waals surface area contributed by atoms with E-state index in [9.17, 15) is 0 Å². The lowest BCUT2D eigenvalue weighted by molar-refractivity contribution is 0.670. The molecule has 3 heterocycles. The Balaban J connectivity index is 1.09. The molecule has 262 valence electrons. The number of rotatable bonds is 6. The van der Waals surface area contributed by atoms with Gasteiger partial charge in [0.1, 0.15) is 11.2 Å². The third-order valence-corrected chi connectivity index (χ3v) is 10.8. The van der Waals surface area contributed by atoms with Gasteiger partial charge in [-0.05, 0) is 59.2 Å². The molecular formula is C52H33N3O. The SMILES string of the molecule is c1ccc(-c2cc(-c3ccc(-c4cc(-c5cccc6c5oc5ccccc56)cc(-n5c6ccccc6c6ccccc65)c4)cc3)nc(-c3ccccc3)n2)cc1. The van der Waals surface area contributed by atoms with Crippen LogP contribution in [0, 0.1) is 0 Å². The minimum atomic E-state index is 0.703. The predicted molar refractivity (Wildman–Crippen MR) is 231 cm³/mol. The Morgan fingerprint density at radius 2 is 0.893 bits per heavy atom. The van der Waals surface area contributed by atoms with Gasteiger partial charge in [-0.3, -0.25) is 0 Å². The van der Waals surface area contributed by atoms with E-state index in [0.29, 0.717) is 5.82 Å². The monoisotopic (exact) mass is 715 g/mol. The van der Waals surface area contributed by atoms with Crippen LogP contribution in [0.3, 0.4) is 0 Å². The molecule has 0 atom stereocenters. The van der Waals surface area contributed by atoms with Crippen molar-refractivity contribution in [2.24, 2.45) is 0 Å². The van der Waals surface area contributed by atoms with Crippen LogP contribution in [0.2, 0.25) is 0 Å². The van der Waals surface area contributed by atoms with E-state index in [1.165, 1.54) is 21.8 Å². The smallest absolute Gasteiger partial charge is 0.160 e. The van der Waals surface area contributed by atoms with Crippen LogP contribution in [-0.2, 0) is 0 Å². The molecule has 3 aromatic heterocycles. The maximum Gasteiger partial charge on any atom is 0.160 e. The van der Waals surface area contributed by atoms with Gasteiger partial charge in [0.05, 0.1) is 22.4 Å². The van der Waals surface area contributed by atoms with Gasteiger partial charge in [0.15, 0.2) is 5.82 Å². The second-order valence-corrected chi connectivity index (χ2v) is 14.2. The van der Waals surface area contributed by atoms with Crippen LogP contribution < -0.4 is 0 Å². The van der Waals surface area contributed by atoms with Crippen molar-refractivity contribution in [3.8, 4) is 61.8 Å². The summed E-state index contributed by atoms with van der Waals surface area (Å²) in [6, 6.07) is 70.3. The van der Waals surface area contributed by atoms with Crippen molar-refractivity contribution in [3.63, 3.8) is 0 Å². The molecule has 0 N–H and O–H groups in total. The van der Waals surface area contributed by atoms with E-state index < -0.39 is 0 Å². The summed E-state index contributed by atoms with van der Waals surface area (Å²) in [5, 5.41) is 4.69. The van der Waals surface area contributed by atoms with E-state index in [1.807, 2.05) is 48.5 Å². The average Bonchev–Trinajstić information content (AvgIpc) is 3.83. The number of hydrogen-bond donors (Lipinski definition) is 0. The van der Waals surface area contributed by atoms with Gasteiger partial charge in [-0.25, -0.2) is 9.97 Å². The van der Waals surface area contributed by atoms with Crippen LogP contribution in [0.5, 0.6) is 0 Å². The molecule has 4 heteroatoms. The van der Waals surface area contributed by atoms with Gasteiger partial charge in [-0.1, -0.05) is 158 Å². The lowest BCUT2D eigenvalue weighted by Gasteiger charge is -2.15. The topological polar surface area (TPSA) is 43.9 Å². The maximum absolute atomic E-state index is 6.58. The fraction of sp³-hybridized carbons (Fsp3) is 0. The molecule has 56 heavy (non-hydrogen) atoms. The third kappa shape index (κ3) is 5.39. The summed E-state index contributed by atoms with van der Waals surface area (Å²) < 4.78 is 8.97. The molecule has 11 aromatic rings. The molecule has 0 aliphatic heterocycles. The molecule has 11 rings (SSSR count). The first-order valence-corrected chi connectivity index (χ1v) is 18.9. The van der Waals surface area contributed by atoms with Crippen LogP contribution in [0.25, 0.3) is 106 Å². The Bertz CT molecular complexity index is 3120. The first-order valence-electron chi connectivity index (χ1n) is 18.9. The van der Waals surface area contributed by atoms with Gasteiger partial charge in [-0.15, -0.1) is 0 Å². The number of nitrogens with zero attached hydrogens (tertiary/aromatic N) is 3. The summed E-state index contributed by atoms with van der Waals surface area (Å²) in [6.45, 7) is 0. The van der Waals surface area contributed by atoms with E-state index in [2.05, 4.69) is 156 Å². The van der Waals surface area contributed by atoms with Crippen molar-refractivity contribution < 1.29 is 4.42 Å². The first-order chi connectivity index (χ1) is 27.7. The second-order valence-electron chi connectivity index (χ2n) is 14.2. The van der Waals surface area contributed by atoms with E-state index >= 15 is 0 Å². The molecule has 0 saturated carbocycles. The van der Waals surface area contributed by atoms with E-state index in [0.717, 1.165) is 78.0 Å². The number of fused-ring (bicyclic) bond motifs is 6. The second kappa shape index (κ2) is 13.1. The van der Waals surface area contributed by atoms with Crippen molar-refractivity contribution in [1.29, 1.82) is 0 Å². The van der Waals surface area contributed by atoms with Gasteiger partial charge in [-0.2, -0.15) is 0 Å². The number of aromatic nitrogens is 3. The zero-order valence-corrected chi connectivity index (χ0v) is 30.3. The molecular weight excluding hydrogens is 683 g/mol. The fourth-order valence-electron chi connectivity index (χ4n) is 8.14. The van der Waals surface area contributed by atoms with Gasteiger partial charge in [0, 0.05) is 49.5 Å². The highest BCUT2D eigenvalue weighted by molar-refractivity contribution is 6.11. The van der Waals surface area contributed by atoms with Crippen molar-refractivity contribution in [2.45, 2.75) is 0 Å². The lowest BCUT2D eigenvalue weighted by atomic mass is 9.95. The molecule has 0 amide bonds. The molecule has 0 fully saturated rings. The van der Waals surface area contributed by atoms with Gasteiger partial charge in [0.2, 0.25) is 0 Å². The van der Waals surface area contributed by atoms with Gasteiger partial charge >= 0.3 is 0 Å². The van der Waals surface area contributed by atoms with E-state index in [-0.39, 0.29) is 0 Å². The predicted octanol–water partition coefficient (Wildman–Crippen LogP) is 13.8. The largest absolute Gasteiger partial charge is 0.455 e. The normalized spacial score (nSPS) is 11.6. The number of benzene rings is 8. The molecule has 4 nitrogen and oxygen atoms in total. The molecule has 0 radical (unpaired) electrons. The van der Waals surface area contributed by atoms with Crippen molar-refractivity contribution >= 4 is 43.7 Å². The zero-order chi connectivity index (χ0) is 37.0. The highest BCUT2D eigenvalue weighted by Gasteiger charge is 2.18. The standard InChI is InChI=1S/C52H33N3O/c1-3-14-35(15-4-1)46-33-47(54-52(53-46)37-16-5-2-6-17-37)36-28-26-34(27-29-36)38-30-39(41-21-13-22-45-44-20-9-12-25-50(44)56-51(41)45)32-40(31-38)55-48-23-10-7-18-42(48)43-19-8-11-24-49(43)55/h1-33H. The van der Waals surface area contributed by atoms with Crippen LogP contribution >= 0.6 is 0 Å². The summed E-state index contributed by atoms with van der Waals surface area (Å²) in [5.41, 5.74) is 14.4. The number of hydrogen-bond acceptors (Lipinski definition) is 3. The Morgan fingerprint density at radius 3 is 1.59 bits per heavy atom. The summed E-state index contributed by atoms with van der Waals surface area (Å²) in [5.74, 6) is 0.703. The molecule has 8 aromatic carbocycles. The molecule has 0 bridgehead atoms. The van der Waals surface area contributed by atoms with E-state index in [1.54, 1.807) is 0 Å². The molecule has 0 aliphatic rings. The van der Waals surface area contributed by atoms with Gasteiger partial charge in [0.25, 0.3) is 0 Å². The Hall–Kier alpha value is -7.56. The van der Waals surface area contributed by atoms with E-state index in [4.69, 9.17) is 14.4 Å². The summed E-state index contributed by atoms with van der Waals surface area (Å²) in [7, 11) is 0. The van der Waals surface area contributed by atoms with Crippen LogP contribution in [-0.4, -0.2) is 14.5 Å². The summed E-state index contributed by atoms with van der Waals surface area (Å²) in [6.07, 6.45) is 0. The van der Waals surface area contributed by atoms with Crippen LogP contribution in [0.4, 0.5) is 0 Å². The minimum absolute atomic E-state index is 0.703. The Kier molecular flexibility index (Phi) is 7.46. The van der Waals surface area contributed by atoms with Crippen molar-refractivity contribution in [2.75, 3.05) is 0 Å². The number of furan rings is 1. The zero-order valence-electron chi connectivity index (χ0n) is 30.3. The summed E-state index contributed by atoms with van der Waals surface area (Å²) >= 11 is 0. The average molecular weight is 716 g/mol. The fourth-order valence-corrected chi connectivity index (χ4v) is 8.14. The van der Waals surface area contributed by atoms with Crippen LogP contribution in [0.15, 0.2) is 205 Å². The molecule has 0 unspecified atom stereocenters. The quantitative estimate of drug-likeness (QED) is 0.172. The molecule has 0 saturated heterocycles. The Morgan fingerprint density at radius 1 is 0.357 bits per heavy atom.